The van der Waals surface area contributed by atoms with E-state index in [4.69, 9.17) is 0 Å². The number of thioether (sulfide) groups is 1. The van der Waals surface area contributed by atoms with Crippen LogP contribution < -0.4 is 4.31 Å². The second-order valence-electron chi connectivity index (χ2n) is 7.38. The highest BCUT2D eigenvalue weighted by Gasteiger charge is 2.28. The molecule has 9 heteroatoms. The van der Waals surface area contributed by atoms with Crippen molar-refractivity contribution in [3.8, 4) is 0 Å². The molecule has 1 aliphatic heterocycles. The molecule has 4 rings (SSSR count). The molecule has 0 saturated carbocycles. The normalized spacial score (nSPS) is 13.4. The van der Waals surface area contributed by atoms with Crippen LogP contribution in [0.4, 0.5) is 5.69 Å². The van der Waals surface area contributed by atoms with Crippen molar-refractivity contribution >= 4 is 33.3 Å². The van der Waals surface area contributed by atoms with E-state index in [1.165, 1.54) is 16.1 Å². The molecule has 0 atom stereocenters. The molecule has 0 spiro atoms. The Morgan fingerprint density at radius 1 is 1.13 bits per heavy atom. The average molecular weight is 457 g/mol. The second-order valence-corrected chi connectivity index (χ2v) is 10.5. The van der Waals surface area contributed by atoms with Crippen molar-refractivity contribution in [1.82, 2.24) is 14.8 Å². The molecule has 0 amide bonds. The maximum Gasteiger partial charge on any atom is 0.234 e. The smallest absolute Gasteiger partial charge is 0.234 e. The number of nitrogens with zero attached hydrogens (tertiary/aromatic N) is 4. The lowest BCUT2D eigenvalue weighted by Crippen LogP contribution is -2.30. The minimum atomic E-state index is -3.29. The predicted molar refractivity (Wildman–Crippen MR) is 122 cm³/mol. The first-order valence-electron chi connectivity index (χ1n) is 10.1. The summed E-state index contributed by atoms with van der Waals surface area (Å²) in [5, 5.41) is 9.11. The molecule has 7 nitrogen and oxygen atoms in total. The SMILES string of the molecule is CCS(=O)(=O)N1CCc2cc(C(=O)CSc3nnc(C)n3Cc3ccccc3)ccc21. The van der Waals surface area contributed by atoms with Gasteiger partial charge >= 0.3 is 0 Å². The molecule has 0 saturated heterocycles. The molecular weight excluding hydrogens is 432 g/mol. The van der Waals surface area contributed by atoms with Gasteiger partial charge in [0.05, 0.1) is 23.7 Å². The Morgan fingerprint density at radius 3 is 2.65 bits per heavy atom. The Kier molecular flexibility index (Phi) is 6.15. The van der Waals surface area contributed by atoms with Crippen molar-refractivity contribution < 1.29 is 13.2 Å². The number of anilines is 1. The van der Waals surface area contributed by atoms with E-state index in [1.54, 1.807) is 19.1 Å². The van der Waals surface area contributed by atoms with E-state index in [0.29, 0.717) is 35.9 Å². The molecule has 3 aromatic rings. The van der Waals surface area contributed by atoms with E-state index in [9.17, 15) is 13.2 Å². The van der Waals surface area contributed by atoms with Gasteiger partial charge in [-0.3, -0.25) is 9.10 Å². The van der Waals surface area contributed by atoms with Crippen LogP contribution in [0.25, 0.3) is 0 Å². The highest BCUT2D eigenvalue weighted by molar-refractivity contribution is 7.99. The van der Waals surface area contributed by atoms with Gasteiger partial charge in [0.1, 0.15) is 5.82 Å². The molecule has 0 unspecified atom stereocenters. The van der Waals surface area contributed by atoms with Crippen LogP contribution >= 0.6 is 11.8 Å². The van der Waals surface area contributed by atoms with Crippen LogP contribution in [0, 0.1) is 6.92 Å². The number of rotatable bonds is 8. The summed E-state index contributed by atoms with van der Waals surface area (Å²) in [6.45, 7) is 4.62. The fourth-order valence-electron chi connectivity index (χ4n) is 3.62. The molecule has 1 aliphatic rings. The minimum Gasteiger partial charge on any atom is -0.302 e. The maximum atomic E-state index is 12.8. The summed E-state index contributed by atoms with van der Waals surface area (Å²) < 4.78 is 27.9. The number of sulfonamides is 1. The maximum absolute atomic E-state index is 12.8. The van der Waals surface area contributed by atoms with Crippen LogP contribution in [0.1, 0.15) is 34.2 Å². The van der Waals surface area contributed by atoms with Gasteiger partial charge in [-0.2, -0.15) is 0 Å². The summed E-state index contributed by atoms with van der Waals surface area (Å²) >= 11 is 1.37. The molecule has 2 aromatic carbocycles. The summed E-state index contributed by atoms with van der Waals surface area (Å²) in [7, 11) is -3.29. The molecule has 1 aromatic heterocycles. The van der Waals surface area contributed by atoms with E-state index in [-0.39, 0.29) is 17.3 Å². The highest BCUT2D eigenvalue weighted by Crippen LogP contribution is 2.32. The summed E-state index contributed by atoms with van der Waals surface area (Å²) in [4.78, 5) is 12.8. The summed E-state index contributed by atoms with van der Waals surface area (Å²) in [5.41, 5.74) is 3.32. The Bertz CT molecular complexity index is 1210. The quantitative estimate of drug-likeness (QED) is 0.382. The average Bonchev–Trinajstić information content (AvgIpc) is 3.36. The number of aromatic nitrogens is 3. The number of benzene rings is 2. The zero-order valence-electron chi connectivity index (χ0n) is 17.5. The molecule has 0 bridgehead atoms. The molecule has 162 valence electrons. The van der Waals surface area contributed by atoms with Crippen LogP contribution in [-0.4, -0.2) is 47.0 Å². The third kappa shape index (κ3) is 4.52. The van der Waals surface area contributed by atoms with Crippen LogP contribution in [0.3, 0.4) is 0 Å². The number of hydrogen-bond donors (Lipinski definition) is 0. The Morgan fingerprint density at radius 2 is 1.90 bits per heavy atom. The summed E-state index contributed by atoms with van der Waals surface area (Å²) in [6, 6.07) is 15.3. The molecule has 31 heavy (non-hydrogen) atoms. The van der Waals surface area contributed by atoms with Crippen LogP contribution in [0.15, 0.2) is 53.7 Å². The Hall–Kier alpha value is -2.65. The standard InChI is InChI=1S/C22H24N4O3S2/c1-3-31(28,29)26-12-11-18-13-19(9-10-20(18)26)21(27)15-30-22-24-23-16(2)25(22)14-17-7-5-4-6-8-17/h4-10,13H,3,11-12,14-15H2,1-2H3. The van der Waals surface area contributed by atoms with Crippen LogP contribution in [0.5, 0.6) is 0 Å². The number of fused-ring (bicyclic) bond motifs is 1. The van der Waals surface area contributed by atoms with Crippen LogP contribution in [-0.2, 0) is 23.0 Å². The number of Topliss-reactive ketones (excluding diaryl/α,β-unsaturated/α-hetero) is 1. The van der Waals surface area contributed by atoms with Crippen molar-refractivity contribution in [2.45, 2.75) is 32.0 Å². The molecular formula is C22H24N4O3S2. The van der Waals surface area contributed by atoms with Crippen molar-refractivity contribution in [2.24, 2.45) is 0 Å². The number of carbonyl (C=O) groups is 1. The summed E-state index contributed by atoms with van der Waals surface area (Å²) in [6.07, 6.45) is 0.618. The van der Waals surface area contributed by atoms with Crippen molar-refractivity contribution in [2.75, 3.05) is 22.4 Å². The third-order valence-electron chi connectivity index (χ3n) is 5.37. The molecule has 2 heterocycles. The number of hydrogen-bond acceptors (Lipinski definition) is 6. The first-order valence-corrected chi connectivity index (χ1v) is 12.7. The van der Waals surface area contributed by atoms with E-state index in [2.05, 4.69) is 10.2 Å². The largest absolute Gasteiger partial charge is 0.302 e. The molecule has 0 aliphatic carbocycles. The Balaban J connectivity index is 1.46. The van der Waals surface area contributed by atoms with Gasteiger partial charge in [0, 0.05) is 12.1 Å². The molecule has 0 radical (unpaired) electrons. The fraction of sp³-hybridized carbons (Fsp3) is 0.318. The van der Waals surface area contributed by atoms with E-state index in [1.807, 2.05) is 47.9 Å². The highest BCUT2D eigenvalue weighted by atomic mass is 32.2. The van der Waals surface area contributed by atoms with Crippen molar-refractivity contribution in [1.29, 1.82) is 0 Å². The van der Waals surface area contributed by atoms with Crippen molar-refractivity contribution in [3.63, 3.8) is 0 Å². The van der Waals surface area contributed by atoms with E-state index in [0.717, 1.165) is 17.0 Å². The van der Waals surface area contributed by atoms with Gasteiger partial charge in [-0.25, -0.2) is 8.42 Å². The lowest BCUT2D eigenvalue weighted by molar-refractivity contribution is 0.102. The number of ketones is 1. The van der Waals surface area contributed by atoms with Gasteiger partial charge in [0.25, 0.3) is 0 Å². The zero-order chi connectivity index (χ0) is 22.0. The first kappa shape index (κ1) is 21.6. The van der Waals surface area contributed by atoms with Gasteiger partial charge in [-0.05, 0) is 49.6 Å². The van der Waals surface area contributed by atoms with E-state index >= 15 is 0 Å². The summed E-state index contributed by atoms with van der Waals surface area (Å²) in [5.74, 6) is 1.08. The Labute approximate surface area is 186 Å². The van der Waals surface area contributed by atoms with E-state index < -0.39 is 10.0 Å². The molecule has 0 N–H and O–H groups in total. The van der Waals surface area contributed by atoms with Crippen molar-refractivity contribution in [3.05, 3.63) is 71.0 Å². The monoisotopic (exact) mass is 456 g/mol. The zero-order valence-corrected chi connectivity index (χ0v) is 19.1. The van der Waals surface area contributed by atoms with Gasteiger partial charge in [0.15, 0.2) is 10.9 Å². The molecule has 0 fully saturated rings. The minimum absolute atomic E-state index is 0.0171. The number of carbonyl (C=O) groups excluding carboxylic acids is 1. The van der Waals surface area contributed by atoms with Gasteiger partial charge in [-0.1, -0.05) is 42.1 Å². The van der Waals surface area contributed by atoms with Gasteiger partial charge < -0.3 is 4.57 Å². The predicted octanol–water partition coefficient (Wildman–Crippen LogP) is 3.32. The second kappa shape index (κ2) is 8.84. The lowest BCUT2D eigenvalue weighted by atomic mass is 10.1. The lowest BCUT2D eigenvalue weighted by Gasteiger charge is -2.18. The van der Waals surface area contributed by atoms with Gasteiger partial charge in [0.2, 0.25) is 10.0 Å². The fourth-order valence-corrected chi connectivity index (χ4v) is 5.66. The number of aryl methyl sites for hydroxylation is 1. The third-order valence-corrected chi connectivity index (χ3v) is 8.12. The first-order chi connectivity index (χ1) is 14.9. The van der Waals surface area contributed by atoms with Crippen LogP contribution in [0.2, 0.25) is 0 Å². The topological polar surface area (TPSA) is 85.2 Å². The van der Waals surface area contributed by atoms with Gasteiger partial charge in [-0.15, -0.1) is 10.2 Å².